The molecule has 4 nitrogen and oxygen atoms in total. The number of halogens is 3. The van der Waals surface area contributed by atoms with E-state index >= 15 is 0 Å². The quantitative estimate of drug-likeness (QED) is 0.840. The highest BCUT2D eigenvalue weighted by Crippen LogP contribution is 2.25. The second kappa shape index (κ2) is 5.75. The van der Waals surface area contributed by atoms with Gasteiger partial charge in [0, 0.05) is 5.54 Å². The van der Waals surface area contributed by atoms with Crippen LogP contribution in [0, 0.1) is 5.82 Å². The molecule has 1 amide bonds. The van der Waals surface area contributed by atoms with Crippen molar-refractivity contribution in [1.29, 1.82) is 0 Å². The topological polar surface area (TPSA) is 66.4 Å². The van der Waals surface area contributed by atoms with Gasteiger partial charge in [-0.25, -0.2) is 4.39 Å². The van der Waals surface area contributed by atoms with E-state index in [4.69, 9.17) is 28.3 Å². The Morgan fingerprint density at radius 3 is 2.42 bits per heavy atom. The van der Waals surface area contributed by atoms with E-state index in [2.05, 4.69) is 5.32 Å². The summed E-state index contributed by atoms with van der Waals surface area (Å²) in [6.45, 7) is 3.08. The number of rotatable bonds is 4. The van der Waals surface area contributed by atoms with Crippen molar-refractivity contribution in [2.24, 2.45) is 0 Å². The van der Waals surface area contributed by atoms with Crippen LogP contribution in [0.4, 0.5) is 4.39 Å². The molecule has 0 radical (unpaired) electrons. The molecular formula is C12H12Cl2FNO3. The molecule has 0 unspecified atom stereocenters. The Morgan fingerprint density at radius 1 is 1.32 bits per heavy atom. The highest BCUT2D eigenvalue weighted by molar-refractivity contribution is 6.36. The zero-order chi connectivity index (χ0) is 14.8. The Kier molecular flexibility index (Phi) is 4.76. The Labute approximate surface area is 119 Å². The molecule has 1 aromatic carbocycles. The van der Waals surface area contributed by atoms with Crippen LogP contribution in [0.2, 0.25) is 10.0 Å². The summed E-state index contributed by atoms with van der Waals surface area (Å²) in [7, 11) is 0. The number of carbonyl (C=O) groups excluding carboxylic acids is 1. The van der Waals surface area contributed by atoms with E-state index in [1.54, 1.807) is 13.8 Å². The number of nitrogens with one attached hydrogen (secondary N) is 1. The van der Waals surface area contributed by atoms with Crippen molar-refractivity contribution >= 4 is 35.1 Å². The van der Waals surface area contributed by atoms with E-state index in [0.717, 1.165) is 12.1 Å². The van der Waals surface area contributed by atoms with Crippen LogP contribution in [0.3, 0.4) is 0 Å². The third-order valence-electron chi connectivity index (χ3n) is 2.30. The lowest BCUT2D eigenvalue weighted by Gasteiger charge is -2.24. The minimum atomic E-state index is -1.06. The molecule has 1 rings (SSSR count). The molecule has 0 saturated carbocycles. The van der Waals surface area contributed by atoms with Crippen molar-refractivity contribution in [3.05, 3.63) is 33.6 Å². The minimum Gasteiger partial charge on any atom is -0.481 e. The van der Waals surface area contributed by atoms with Crippen LogP contribution in [-0.4, -0.2) is 22.5 Å². The Bertz CT molecular complexity index is 532. The predicted molar refractivity (Wildman–Crippen MR) is 70.2 cm³/mol. The van der Waals surface area contributed by atoms with Crippen LogP contribution in [0.25, 0.3) is 0 Å². The van der Waals surface area contributed by atoms with Gasteiger partial charge < -0.3 is 10.4 Å². The number of hydrogen-bond acceptors (Lipinski definition) is 2. The number of carboxylic acid groups (broad SMARTS) is 1. The minimum absolute atomic E-state index is 0.00461. The van der Waals surface area contributed by atoms with Crippen molar-refractivity contribution in [1.82, 2.24) is 5.32 Å². The molecule has 2 N–H and O–H groups in total. The fraction of sp³-hybridized carbons (Fsp3) is 0.333. The van der Waals surface area contributed by atoms with Crippen molar-refractivity contribution < 1.29 is 19.1 Å². The average Bonchev–Trinajstić information content (AvgIpc) is 2.20. The van der Waals surface area contributed by atoms with E-state index in [1.165, 1.54) is 0 Å². The number of carbonyl (C=O) groups is 2. The van der Waals surface area contributed by atoms with Crippen LogP contribution in [0.5, 0.6) is 0 Å². The van der Waals surface area contributed by atoms with Gasteiger partial charge in [-0.2, -0.15) is 0 Å². The molecule has 0 bridgehead atoms. The molecule has 1 aromatic rings. The molecule has 0 aliphatic heterocycles. The summed E-state index contributed by atoms with van der Waals surface area (Å²) in [5.41, 5.74) is -1.08. The molecule has 0 saturated heterocycles. The maximum atomic E-state index is 13.3. The number of carboxylic acids is 1. The van der Waals surface area contributed by atoms with Crippen LogP contribution in [0.1, 0.15) is 30.6 Å². The molecule has 0 aliphatic rings. The van der Waals surface area contributed by atoms with Crippen molar-refractivity contribution in [2.75, 3.05) is 0 Å². The average molecular weight is 308 g/mol. The first-order chi connectivity index (χ1) is 8.62. The fourth-order valence-electron chi connectivity index (χ4n) is 1.49. The van der Waals surface area contributed by atoms with E-state index in [1.807, 2.05) is 0 Å². The fourth-order valence-corrected chi connectivity index (χ4v) is 1.96. The van der Waals surface area contributed by atoms with Crippen molar-refractivity contribution in [3.8, 4) is 0 Å². The molecular weight excluding hydrogens is 296 g/mol. The molecule has 0 aliphatic carbocycles. The SMILES string of the molecule is CC(C)(CC(=O)O)NC(=O)c1cc(F)c(Cl)cc1Cl. The smallest absolute Gasteiger partial charge is 0.305 e. The zero-order valence-electron chi connectivity index (χ0n) is 10.3. The summed E-state index contributed by atoms with van der Waals surface area (Å²) in [6.07, 6.45) is -0.271. The molecule has 19 heavy (non-hydrogen) atoms. The van der Waals surface area contributed by atoms with Gasteiger partial charge in [-0.3, -0.25) is 9.59 Å². The normalized spacial score (nSPS) is 11.2. The van der Waals surface area contributed by atoms with Gasteiger partial charge in [0.05, 0.1) is 22.0 Å². The second-order valence-electron chi connectivity index (χ2n) is 4.65. The second-order valence-corrected chi connectivity index (χ2v) is 5.47. The lowest BCUT2D eigenvalue weighted by atomic mass is 10.00. The summed E-state index contributed by atoms with van der Waals surface area (Å²) in [5, 5.41) is 11.0. The molecule has 104 valence electrons. The molecule has 0 aromatic heterocycles. The third kappa shape index (κ3) is 4.36. The maximum Gasteiger partial charge on any atom is 0.305 e. The largest absolute Gasteiger partial charge is 0.481 e. The summed E-state index contributed by atoms with van der Waals surface area (Å²) >= 11 is 11.3. The first-order valence-electron chi connectivity index (χ1n) is 5.31. The highest BCUT2D eigenvalue weighted by Gasteiger charge is 2.25. The van der Waals surface area contributed by atoms with Crippen LogP contribution in [-0.2, 0) is 4.79 Å². The number of aliphatic carboxylic acids is 1. The summed E-state index contributed by atoms with van der Waals surface area (Å²) in [4.78, 5) is 22.6. The first-order valence-corrected chi connectivity index (χ1v) is 6.07. The number of benzene rings is 1. The molecule has 0 fully saturated rings. The van der Waals surface area contributed by atoms with Crippen LogP contribution >= 0.6 is 23.2 Å². The Hall–Kier alpha value is -1.33. The van der Waals surface area contributed by atoms with E-state index in [9.17, 15) is 14.0 Å². The van der Waals surface area contributed by atoms with Crippen LogP contribution in [0.15, 0.2) is 12.1 Å². The summed E-state index contributed by atoms with van der Waals surface area (Å²) < 4.78 is 13.3. The van der Waals surface area contributed by atoms with Gasteiger partial charge in [0.15, 0.2) is 0 Å². The lowest BCUT2D eigenvalue weighted by Crippen LogP contribution is -2.45. The summed E-state index contributed by atoms with van der Waals surface area (Å²) in [6, 6.07) is 2.04. The number of amides is 1. The Morgan fingerprint density at radius 2 is 1.89 bits per heavy atom. The number of hydrogen-bond donors (Lipinski definition) is 2. The molecule has 0 heterocycles. The third-order valence-corrected chi connectivity index (χ3v) is 2.90. The van der Waals surface area contributed by atoms with E-state index < -0.39 is 23.2 Å². The first kappa shape index (κ1) is 15.7. The van der Waals surface area contributed by atoms with Gasteiger partial charge in [-0.05, 0) is 26.0 Å². The monoisotopic (exact) mass is 307 g/mol. The van der Waals surface area contributed by atoms with E-state index in [0.29, 0.717) is 0 Å². The van der Waals surface area contributed by atoms with Gasteiger partial charge in [-0.1, -0.05) is 23.2 Å². The van der Waals surface area contributed by atoms with E-state index in [-0.39, 0.29) is 22.0 Å². The van der Waals surface area contributed by atoms with Gasteiger partial charge in [0.2, 0.25) is 0 Å². The van der Waals surface area contributed by atoms with Gasteiger partial charge in [-0.15, -0.1) is 0 Å². The molecule has 7 heteroatoms. The van der Waals surface area contributed by atoms with Crippen LogP contribution < -0.4 is 5.32 Å². The standard InChI is InChI=1S/C12H12Cl2FNO3/c1-12(2,5-10(17)18)16-11(19)6-3-9(15)8(14)4-7(6)13/h3-4H,5H2,1-2H3,(H,16,19)(H,17,18). The summed E-state index contributed by atoms with van der Waals surface area (Å²) in [5.74, 6) is -2.49. The molecule has 0 spiro atoms. The Balaban J connectivity index is 2.96. The zero-order valence-corrected chi connectivity index (χ0v) is 11.8. The predicted octanol–water partition coefficient (Wildman–Crippen LogP) is 3.12. The maximum absolute atomic E-state index is 13.3. The molecule has 0 atom stereocenters. The van der Waals surface area contributed by atoms with Gasteiger partial charge in [0.1, 0.15) is 5.82 Å². The van der Waals surface area contributed by atoms with Crippen molar-refractivity contribution in [3.63, 3.8) is 0 Å². The van der Waals surface area contributed by atoms with Crippen molar-refractivity contribution in [2.45, 2.75) is 25.8 Å². The van der Waals surface area contributed by atoms with Gasteiger partial charge >= 0.3 is 5.97 Å². The highest BCUT2D eigenvalue weighted by atomic mass is 35.5. The van der Waals surface area contributed by atoms with Gasteiger partial charge in [0.25, 0.3) is 5.91 Å². The lowest BCUT2D eigenvalue weighted by molar-refractivity contribution is -0.138.